The van der Waals surface area contributed by atoms with Crippen molar-refractivity contribution in [2.75, 3.05) is 6.61 Å². The predicted octanol–water partition coefficient (Wildman–Crippen LogP) is 1.39. The molecule has 0 aromatic carbocycles. The molecule has 58 valence electrons. The number of Topliss-reactive ketones (excluding diaryl/α,β-unsaturated/α-hetero) is 1. The molecule has 1 rings (SSSR count). The van der Waals surface area contributed by atoms with Gasteiger partial charge in [-0.25, -0.2) is 0 Å². The van der Waals surface area contributed by atoms with Crippen molar-refractivity contribution in [3.63, 3.8) is 0 Å². The maximum Gasteiger partial charge on any atom is 0.158 e. The van der Waals surface area contributed by atoms with E-state index in [0.29, 0.717) is 5.92 Å². The molecular weight excluding hydrogens is 128 g/mol. The van der Waals surface area contributed by atoms with E-state index in [0.717, 1.165) is 19.4 Å². The van der Waals surface area contributed by atoms with Crippen molar-refractivity contribution >= 4 is 5.78 Å². The van der Waals surface area contributed by atoms with E-state index >= 15 is 0 Å². The van der Waals surface area contributed by atoms with Crippen molar-refractivity contribution in [1.82, 2.24) is 0 Å². The topological polar surface area (TPSA) is 26.3 Å². The van der Waals surface area contributed by atoms with Crippen molar-refractivity contribution in [3.8, 4) is 0 Å². The molecular formula is C8H14O2. The van der Waals surface area contributed by atoms with Crippen molar-refractivity contribution in [1.29, 1.82) is 0 Å². The number of carbonyl (C=O) groups is 1. The molecule has 1 fully saturated rings. The van der Waals surface area contributed by atoms with E-state index in [1.165, 1.54) is 0 Å². The van der Waals surface area contributed by atoms with Crippen molar-refractivity contribution in [2.45, 2.75) is 32.8 Å². The summed E-state index contributed by atoms with van der Waals surface area (Å²) in [5, 5.41) is 0. The SMILES string of the molecule is CC(=O)C1CCC(C)CO1. The minimum Gasteiger partial charge on any atom is -0.370 e. The van der Waals surface area contributed by atoms with Gasteiger partial charge in [0.05, 0.1) is 6.61 Å². The monoisotopic (exact) mass is 142 g/mol. The number of ketones is 1. The summed E-state index contributed by atoms with van der Waals surface area (Å²) < 4.78 is 5.30. The van der Waals surface area contributed by atoms with Gasteiger partial charge in [-0.3, -0.25) is 4.79 Å². The maximum atomic E-state index is 10.8. The molecule has 1 saturated heterocycles. The number of carbonyl (C=O) groups excluding carboxylic acids is 1. The molecule has 2 nitrogen and oxygen atoms in total. The molecule has 1 aliphatic heterocycles. The molecule has 0 amide bonds. The van der Waals surface area contributed by atoms with Crippen LogP contribution in [0.2, 0.25) is 0 Å². The Bertz CT molecular complexity index is 123. The lowest BCUT2D eigenvalue weighted by Gasteiger charge is -2.24. The second-order valence-corrected chi connectivity index (χ2v) is 3.12. The van der Waals surface area contributed by atoms with Crippen LogP contribution in [0.3, 0.4) is 0 Å². The van der Waals surface area contributed by atoms with Crippen LogP contribution in [-0.4, -0.2) is 18.5 Å². The minimum absolute atomic E-state index is 0.101. The van der Waals surface area contributed by atoms with Crippen molar-refractivity contribution < 1.29 is 9.53 Å². The van der Waals surface area contributed by atoms with E-state index in [9.17, 15) is 4.79 Å². The van der Waals surface area contributed by atoms with Crippen LogP contribution >= 0.6 is 0 Å². The molecule has 2 atom stereocenters. The van der Waals surface area contributed by atoms with E-state index in [1.54, 1.807) is 6.92 Å². The van der Waals surface area contributed by atoms with Gasteiger partial charge in [-0.05, 0) is 25.7 Å². The Morgan fingerprint density at radius 3 is 2.60 bits per heavy atom. The zero-order valence-corrected chi connectivity index (χ0v) is 6.59. The first kappa shape index (κ1) is 7.73. The molecule has 1 aliphatic rings. The van der Waals surface area contributed by atoms with E-state index in [-0.39, 0.29) is 11.9 Å². The fourth-order valence-electron chi connectivity index (χ4n) is 1.20. The van der Waals surface area contributed by atoms with Gasteiger partial charge in [-0.2, -0.15) is 0 Å². The van der Waals surface area contributed by atoms with E-state index in [1.807, 2.05) is 0 Å². The molecule has 2 unspecified atom stereocenters. The molecule has 0 aromatic heterocycles. The quantitative estimate of drug-likeness (QED) is 0.553. The summed E-state index contributed by atoms with van der Waals surface area (Å²) in [5.74, 6) is 0.808. The number of hydrogen-bond acceptors (Lipinski definition) is 2. The predicted molar refractivity (Wildman–Crippen MR) is 38.8 cm³/mol. The molecule has 0 radical (unpaired) electrons. The van der Waals surface area contributed by atoms with Gasteiger partial charge in [0.1, 0.15) is 6.10 Å². The highest BCUT2D eigenvalue weighted by atomic mass is 16.5. The molecule has 0 aliphatic carbocycles. The fourth-order valence-corrected chi connectivity index (χ4v) is 1.20. The van der Waals surface area contributed by atoms with Crippen molar-refractivity contribution in [3.05, 3.63) is 0 Å². The lowest BCUT2D eigenvalue weighted by Crippen LogP contribution is -2.29. The van der Waals surface area contributed by atoms with Crippen LogP contribution in [0.15, 0.2) is 0 Å². The summed E-state index contributed by atoms with van der Waals surface area (Å²) in [6.07, 6.45) is 1.94. The highest BCUT2D eigenvalue weighted by Crippen LogP contribution is 2.18. The third kappa shape index (κ3) is 1.81. The third-order valence-electron chi connectivity index (χ3n) is 1.96. The summed E-state index contributed by atoms with van der Waals surface area (Å²) in [7, 11) is 0. The summed E-state index contributed by atoms with van der Waals surface area (Å²) in [4.78, 5) is 10.8. The molecule has 2 heteroatoms. The molecule has 0 aromatic rings. The summed E-state index contributed by atoms with van der Waals surface area (Å²) in [6, 6.07) is 0. The lowest BCUT2D eigenvalue weighted by atomic mass is 9.99. The van der Waals surface area contributed by atoms with Crippen LogP contribution in [-0.2, 0) is 9.53 Å². The Morgan fingerprint density at radius 1 is 1.50 bits per heavy atom. The van der Waals surface area contributed by atoms with Gasteiger partial charge in [-0.15, -0.1) is 0 Å². The maximum absolute atomic E-state index is 10.8. The number of ether oxygens (including phenoxy) is 1. The van der Waals surface area contributed by atoms with Gasteiger partial charge < -0.3 is 4.74 Å². The zero-order valence-electron chi connectivity index (χ0n) is 6.59. The van der Waals surface area contributed by atoms with Crippen LogP contribution in [0.1, 0.15) is 26.7 Å². The van der Waals surface area contributed by atoms with Crippen LogP contribution < -0.4 is 0 Å². The average molecular weight is 142 g/mol. The van der Waals surface area contributed by atoms with Gasteiger partial charge in [-0.1, -0.05) is 6.92 Å². The Morgan fingerprint density at radius 2 is 2.20 bits per heavy atom. The Kier molecular flexibility index (Phi) is 2.44. The molecule has 10 heavy (non-hydrogen) atoms. The van der Waals surface area contributed by atoms with Crippen LogP contribution in [0.4, 0.5) is 0 Å². The Hall–Kier alpha value is -0.370. The summed E-state index contributed by atoms with van der Waals surface area (Å²) >= 11 is 0. The molecule has 0 saturated carbocycles. The van der Waals surface area contributed by atoms with Crippen LogP contribution in [0, 0.1) is 5.92 Å². The highest BCUT2D eigenvalue weighted by molar-refractivity contribution is 5.80. The molecule has 0 spiro atoms. The highest BCUT2D eigenvalue weighted by Gasteiger charge is 2.21. The first-order valence-corrected chi connectivity index (χ1v) is 3.82. The first-order valence-electron chi connectivity index (χ1n) is 3.82. The Balaban J connectivity index is 2.33. The molecule has 0 bridgehead atoms. The Labute approximate surface area is 61.6 Å². The number of hydrogen-bond donors (Lipinski definition) is 0. The van der Waals surface area contributed by atoms with Gasteiger partial charge in [0.2, 0.25) is 0 Å². The summed E-state index contributed by atoms with van der Waals surface area (Å²) in [5.41, 5.74) is 0. The fraction of sp³-hybridized carbons (Fsp3) is 0.875. The van der Waals surface area contributed by atoms with E-state index in [2.05, 4.69) is 6.92 Å². The minimum atomic E-state index is -0.101. The van der Waals surface area contributed by atoms with Gasteiger partial charge in [0, 0.05) is 0 Å². The van der Waals surface area contributed by atoms with Gasteiger partial charge in [0.25, 0.3) is 0 Å². The van der Waals surface area contributed by atoms with Gasteiger partial charge in [0.15, 0.2) is 5.78 Å². The summed E-state index contributed by atoms with van der Waals surface area (Å²) in [6.45, 7) is 4.50. The first-order chi connectivity index (χ1) is 4.70. The van der Waals surface area contributed by atoms with Crippen LogP contribution in [0.25, 0.3) is 0 Å². The zero-order chi connectivity index (χ0) is 7.56. The second-order valence-electron chi connectivity index (χ2n) is 3.12. The largest absolute Gasteiger partial charge is 0.370 e. The average Bonchev–Trinajstić information content (AvgIpc) is 1.88. The normalized spacial score (nSPS) is 33.8. The third-order valence-corrected chi connectivity index (χ3v) is 1.96. The van der Waals surface area contributed by atoms with E-state index < -0.39 is 0 Å². The van der Waals surface area contributed by atoms with E-state index in [4.69, 9.17) is 4.74 Å². The molecule has 1 heterocycles. The standard InChI is InChI=1S/C8H14O2/c1-6-3-4-8(7(2)9)10-5-6/h6,8H,3-5H2,1-2H3. The number of rotatable bonds is 1. The second kappa shape index (κ2) is 3.15. The smallest absolute Gasteiger partial charge is 0.158 e. The van der Waals surface area contributed by atoms with Crippen LogP contribution in [0.5, 0.6) is 0 Å². The molecule has 0 N–H and O–H groups in total. The van der Waals surface area contributed by atoms with Gasteiger partial charge >= 0.3 is 0 Å². The lowest BCUT2D eigenvalue weighted by molar-refractivity contribution is -0.132. The van der Waals surface area contributed by atoms with Crippen molar-refractivity contribution in [2.24, 2.45) is 5.92 Å².